The van der Waals surface area contributed by atoms with Crippen molar-refractivity contribution < 1.29 is 4.74 Å². The molecule has 0 bridgehead atoms. The van der Waals surface area contributed by atoms with Crippen molar-refractivity contribution in [1.29, 1.82) is 0 Å². The number of fused-ring (bicyclic) bond motifs is 1. The standard InChI is InChI=1S/C16H16ClN3O/c1-9(2)14-5-10-4-13(17)12(6-15(10)20-14)11-7-18-16(21-3)19-8-11/h4-9,20H,1-3H3. The van der Waals surface area contributed by atoms with Gasteiger partial charge < -0.3 is 9.72 Å². The van der Waals surface area contributed by atoms with Crippen molar-refractivity contribution in [2.75, 3.05) is 7.11 Å². The molecule has 5 heteroatoms. The second kappa shape index (κ2) is 5.37. The van der Waals surface area contributed by atoms with Crippen LogP contribution < -0.4 is 4.74 Å². The van der Waals surface area contributed by atoms with Crippen LogP contribution in [-0.4, -0.2) is 22.1 Å². The summed E-state index contributed by atoms with van der Waals surface area (Å²) >= 11 is 6.40. The highest BCUT2D eigenvalue weighted by atomic mass is 35.5. The first-order valence-electron chi connectivity index (χ1n) is 6.77. The molecule has 2 heterocycles. The van der Waals surface area contributed by atoms with Crippen LogP contribution >= 0.6 is 11.6 Å². The van der Waals surface area contributed by atoms with Gasteiger partial charge in [0, 0.05) is 45.1 Å². The lowest BCUT2D eigenvalue weighted by molar-refractivity contribution is 0.380. The fourth-order valence-electron chi connectivity index (χ4n) is 2.27. The number of aromatic nitrogens is 3. The highest BCUT2D eigenvalue weighted by Gasteiger charge is 2.10. The number of hydrogen-bond acceptors (Lipinski definition) is 3. The summed E-state index contributed by atoms with van der Waals surface area (Å²) in [5.41, 5.74) is 4.03. The molecule has 3 rings (SSSR count). The third-order valence-corrected chi connectivity index (χ3v) is 3.79. The number of aromatic amines is 1. The number of nitrogens with zero attached hydrogens (tertiary/aromatic N) is 2. The Hall–Kier alpha value is -2.07. The zero-order chi connectivity index (χ0) is 15.0. The average Bonchev–Trinajstić information content (AvgIpc) is 2.89. The van der Waals surface area contributed by atoms with Crippen LogP contribution in [0.15, 0.2) is 30.6 Å². The van der Waals surface area contributed by atoms with E-state index < -0.39 is 0 Å². The molecular weight excluding hydrogens is 286 g/mol. The summed E-state index contributed by atoms with van der Waals surface area (Å²) in [5, 5.41) is 1.80. The van der Waals surface area contributed by atoms with E-state index in [9.17, 15) is 0 Å². The van der Waals surface area contributed by atoms with Crippen LogP contribution in [0.2, 0.25) is 5.02 Å². The number of methoxy groups -OCH3 is 1. The zero-order valence-corrected chi connectivity index (χ0v) is 12.9. The molecule has 0 radical (unpaired) electrons. The maximum Gasteiger partial charge on any atom is 0.316 e. The molecule has 1 N–H and O–H groups in total. The van der Waals surface area contributed by atoms with E-state index in [4.69, 9.17) is 16.3 Å². The molecule has 0 fully saturated rings. The van der Waals surface area contributed by atoms with Crippen LogP contribution in [0.1, 0.15) is 25.5 Å². The van der Waals surface area contributed by atoms with Crippen molar-refractivity contribution in [3.05, 3.63) is 41.3 Å². The van der Waals surface area contributed by atoms with E-state index in [0.717, 1.165) is 22.0 Å². The van der Waals surface area contributed by atoms with Crippen LogP contribution in [0.25, 0.3) is 22.0 Å². The lowest BCUT2D eigenvalue weighted by Gasteiger charge is -2.05. The third-order valence-electron chi connectivity index (χ3n) is 3.47. The molecule has 1 aromatic carbocycles. The Balaban J connectivity index is 2.10. The second-order valence-electron chi connectivity index (χ2n) is 5.26. The number of halogens is 1. The summed E-state index contributed by atoms with van der Waals surface area (Å²) in [7, 11) is 1.54. The number of ether oxygens (including phenoxy) is 1. The van der Waals surface area contributed by atoms with E-state index in [-0.39, 0.29) is 0 Å². The first-order chi connectivity index (χ1) is 10.1. The van der Waals surface area contributed by atoms with Gasteiger partial charge in [0.15, 0.2) is 0 Å². The fourth-order valence-corrected chi connectivity index (χ4v) is 2.55. The van der Waals surface area contributed by atoms with Gasteiger partial charge in [0.05, 0.1) is 7.11 Å². The highest BCUT2D eigenvalue weighted by molar-refractivity contribution is 6.34. The lowest BCUT2D eigenvalue weighted by atomic mass is 10.1. The molecule has 0 unspecified atom stereocenters. The monoisotopic (exact) mass is 301 g/mol. The largest absolute Gasteiger partial charge is 0.467 e. The molecule has 0 spiro atoms. The molecule has 108 valence electrons. The molecule has 0 saturated heterocycles. The van der Waals surface area contributed by atoms with Gasteiger partial charge >= 0.3 is 6.01 Å². The minimum Gasteiger partial charge on any atom is -0.467 e. The predicted octanol–water partition coefficient (Wildman–Crippen LogP) is 4.41. The summed E-state index contributed by atoms with van der Waals surface area (Å²) in [6, 6.07) is 6.49. The van der Waals surface area contributed by atoms with E-state index in [2.05, 4.69) is 34.9 Å². The number of benzene rings is 1. The van der Waals surface area contributed by atoms with Crippen LogP contribution in [-0.2, 0) is 0 Å². The van der Waals surface area contributed by atoms with Gasteiger partial charge in [-0.25, -0.2) is 9.97 Å². The second-order valence-corrected chi connectivity index (χ2v) is 5.66. The molecule has 2 aromatic heterocycles. The topological polar surface area (TPSA) is 50.8 Å². The minimum absolute atomic E-state index is 0.345. The first-order valence-corrected chi connectivity index (χ1v) is 7.15. The Morgan fingerprint density at radius 1 is 1.14 bits per heavy atom. The van der Waals surface area contributed by atoms with E-state index >= 15 is 0 Å². The molecule has 0 atom stereocenters. The maximum absolute atomic E-state index is 6.40. The molecule has 3 aromatic rings. The first kappa shape index (κ1) is 13.9. The number of nitrogens with one attached hydrogen (secondary N) is 1. The van der Waals surface area contributed by atoms with Crippen LogP contribution in [0, 0.1) is 0 Å². The number of hydrogen-bond donors (Lipinski definition) is 1. The van der Waals surface area contributed by atoms with Crippen LogP contribution in [0.5, 0.6) is 6.01 Å². The van der Waals surface area contributed by atoms with E-state index in [0.29, 0.717) is 17.0 Å². The molecule has 4 nitrogen and oxygen atoms in total. The Morgan fingerprint density at radius 2 is 1.86 bits per heavy atom. The van der Waals surface area contributed by atoms with E-state index in [1.165, 1.54) is 5.69 Å². The van der Waals surface area contributed by atoms with E-state index in [1.54, 1.807) is 19.5 Å². The molecule has 0 aliphatic heterocycles. The quantitative estimate of drug-likeness (QED) is 0.779. The molecule has 0 amide bonds. The van der Waals surface area contributed by atoms with Crippen molar-refractivity contribution in [1.82, 2.24) is 15.0 Å². The Labute approximate surface area is 128 Å². The summed E-state index contributed by atoms with van der Waals surface area (Å²) in [6.07, 6.45) is 3.43. The van der Waals surface area contributed by atoms with Crippen LogP contribution in [0.3, 0.4) is 0 Å². The molecule has 0 aliphatic rings. The van der Waals surface area contributed by atoms with Crippen molar-refractivity contribution in [2.45, 2.75) is 19.8 Å². The Kier molecular flexibility index (Phi) is 3.55. The van der Waals surface area contributed by atoms with Crippen molar-refractivity contribution in [3.8, 4) is 17.1 Å². The minimum atomic E-state index is 0.345. The maximum atomic E-state index is 6.40. The number of rotatable bonds is 3. The summed E-state index contributed by atoms with van der Waals surface area (Å²) in [5.74, 6) is 0.448. The van der Waals surface area contributed by atoms with Gasteiger partial charge in [0.2, 0.25) is 0 Å². The zero-order valence-electron chi connectivity index (χ0n) is 12.1. The Morgan fingerprint density at radius 3 is 2.48 bits per heavy atom. The normalized spacial score (nSPS) is 11.3. The molecule has 0 aliphatic carbocycles. The predicted molar refractivity (Wildman–Crippen MR) is 85.0 cm³/mol. The molecule has 21 heavy (non-hydrogen) atoms. The average molecular weight is 302 g/mol. The van der Waals surface area contributed by atoms with Crippen molar-refractivity contribution in [2.24, 2.45) is 0 Å². The van der Waals surface area contributed by atoms with Crippen molar-refractivity contribution >= 4 is 22.5 Å². The summed E-state index contributed by atoms with van der Waals surface area (Å²) in [6.45, 7) is 4.31. The SMILES string of the molecule is COc1ncc(-c2cc3[nH]c(C(C)C)cc3cc2Cl)cn1. The molecule has 0 saturated carbocycles. The third kappa shape index (κ3) is 2.59. The van der Waals surface area contributed by atoms with Gasteiger partial charge in [0.25, 0.3) is 0 Å². The van der Waals surface area contributed by atoms with E-state index in [1.807, 2.05) is 12.1 Å². The van der Waals surface area contributed by atoms with Gasteiger partial charge in [-0.05, 0) is 24.1 Å². The smallest absolute Gasteiger partial charge is 0.316 e. The summed E-state index contributed by atoms with van der Waals surface area (Å²) in [4.78, 5) is 11.7. The van der Waals surface area contributed by atoms with Gasteiger partial charge in [0.1, 0.15) is 0 Å². The van der Waals surface area contributed by atoms with Gasteiger partial charge in [-0.15, -0.1) is 0 Å². The Bertz CT molecular complexity index is 778. The summed E-state index contributed by atoms with van der Waals surface area (Å²) < 4.78 is 4.97. The van der Waals surface area contributed by atoms with Crippen LogP contribution in [0.4, 0.5) is 0 Å². The van der Waals surface area contributed by atoms with Crippen molar-refractivity contribution in [3.63, 3.8) is 0 Å². The van der Waals surface area contributed by atoms with Gasteiger partial charge in [-0.2, -0.15) is 0 Å². The van der Waals surface area contributed by atoms with Gasteiger partial charge in [-0.3, -0.25) is 0 Å². The number of H-pyrrole nitrogens is 1. The highest BCUT2D eigenvalue weighted by Crippen LogP contribution is 2.33. The lowest BCUT2D eigenvalue weighted by Crippen LogP contribution is -1.91. The molecular formula is C16H16ClN3O. The van der Waals surface area contributed by atoms with Gasteiger partial charge in [-0.1, -0.05) is 25.4 Å². The fraction of sp³-hybridized carbons (Fsp3) is 0.250.